The number of aliphatic carboxylic acids is 1. The van der Waals surface area contributed by atoms with Gasteiger partial charge in [-0.2, -0.15) is 0 Å². The molecule has 0 unspecified atom stereocenters. The molecule has 0 spiro atoms. The molecule has 0 amide bonds. The Hall–Kier alpha value is -1.32. The van der Waals surface area contributed by atoms with Gasteiger partial charge in [0.25, 0.3) is 0 Å². The van der Waals surface area contributed by atoms with Crippen LogP contribution in [0.1, 0.15) is 27.2 Å². The molecule has 0 saturated heterocycles. The van der Waals surface area contributed by atoms with Crippen LogP contribution < -0.4 is 0 Å². The van der Waals surface area contributed by atoms with Gasteiger partial charge in [-0.15, -0.1) is 0 Å². The highest BCUT2D eigenvalue weighted by Gasteiger charge is 2.12. The minimum atomic E-state index is -0.968. The second-order valence-corrected chi connectivity index (χ2v) is 4.17. The third-order valence-electron chi connectivity index (χ3n) is 1.19. The van der Waals surface area contributed by atoms with E-state index in [0.717, 1.165) is 6.08 Å². The minimum Gasteiger partial charge on any atom is -0.481 e. The zero-order chi connectivity index (χ0) is 11.2. The van der Waals surface area contributed by atoms with Crippen molar-refractivity contribution in [2.24, 2.45) is 5.41 Å². The number of carbonyl (C=O) groups is 2. The Kier molecular flexibility index (Phi) is 4.91. The highest BCUT2D eigenvalue weighted by Crippen LogP contribution is 2.12. The molecule has 4 nitrogen and oxygen atoms in total. The average Bonchev–Trinajstić information content (AvgIpc) is 1.99. The summed E-state index contributed by atoms with van der Waals surface area (Å²) in [6.45, 7) is 6.16. The molecule has 0 radical (unpaired) electrons. The Balaban J connectivity index is 3.77. The van der Waals surface area contributed by atoms with Crippen molar-refractivity contribution >= 4 is 11.9 Å². The number of rotatable bonds is 4. The zero-order valence-electron chi connectivity index (χ0n) is 8.74. The Bertz CT molecular complexity index is 235. The van der Waals surface area contributed by atoms with E-state index in [9.17, 15) is 9.59 Å². The molecule has 0 bridgehead atoms. The first-order chi connectivity index (χ1) is 6.31. The summed E-state index contributed by atoms with van der Waals surface area (Å²) in [6.07, 6.45) is 2.25. The Morgan fingerprint density at radius 3 is 2.36 bits per heavy atom. The van der Waals surface area contributed by atoms with Gasteiger partial charge >= 0.3 is 11.9 Å². The maximum atomic E-state index is 11.0. The summed E-state index contributed by atoms with van der Waals surface area (Å²) >= 11 is 0. The van der Waals surface area contributed by atoms with Crippen LogP contribution in [0.4, 0.5) is 0 Å². The quantitative estimate of drug-likeness (QED) is 0.553. The van der Waals surface area contributed by atoms with Gasteiger partial charge in [0, 0.05) is 6.08 Å². The SMILES string of the molecule is CC(C)(C)COC(=O)/C=C/CC(=O)O. The van der Waals surface area contributed by atoms with E-state index in [4.69, 9.17) is 9.84 Å². The molecular weight excluding hydrogens is 184 g/mol. The predicted molar refractivity (Wildman–Crippen MR) is 51.8 cm³/mol. The maximum absolute atomic E-state index is 11.0. The van der Waals surface area contributed by atoms with Crippen LogP contribution in [0.15, 0.2) is 12.2 Å². The molecule has 0 aromatic carbocycles. The minimum absolute atomic E-state index is 0.0731. The molecule has 0 rings (SSSR count). The van der Waals surface area contributed by atoms with Gasteiger partial charge in [-0.25, -0.2) is 4.79 Å². The first-order valence-electron chi connectivity index (χ1n) is 4.36. The molecule has 0 fully saturated rings. The van der Waals surface area contributed by atoms with Crippen molar-refractivity contribution < 1.29 is 19.4 Å². The molecule has 0 atom stereocenters. The van der Waals surface area contributed by atoms with Crippen LogP contribution in [0, 0.1) is 5.41 Å². The summed E-state index contributed by atoms with van der Waals surface area (Å²) in [4.78, 5) is 21.1. The number of ether oxygens (including phenoxy) is 1. The third kappa shape index (κ3) is 8.77. The average molecular weight is 200 g/mol. The smallest absolute Gasteiger partial charge is 0.330 e. The lowest BCUT2D eigenvalue weighted by Crippen LogP contribution is -2.17. The second-order valence-electron chi connectivity index (χ2n) is 4.17. The monoisotopic (exact) mass is 200 g/mol. The highest BCUT2D eigenvalue weighted by molar-refractivity contribution is 5.83. The van der Waals surface area contributed by atoms with E-state index in [0.29, 0.717) is 6.61 Å². The highest BCUT2D eigenvalue weighted by atomic mass is 16.5. The van der Waals surface area contributed by atoms with Gasteiger partial charge in [-0.1, -0.05) is 26.8 Å². The first kappa shape index (κ1) is 12.7. The number of carboxylic acids is 1. The molecule has 14 heavy (non-hydrogen) atoms. The van der Waals surface area contributed by atoms with E-state index in [-0.39, 0.29) is 11.8 Å². The Morgan fingerprint density at radius 2 is 1.93 bits per heavy atom. The lowest BCUT2D eigenvalue weighted by Gasteiger charge is -2.16. The zero-order valence-corrected chi connectivity index (χ0v) is 8.74. The van der Waals surface area contributed by atoms with Crippen molar-refractivity contribution in [2.75, 3.05) is 6.61 Å². The topological polar surface area (TPSA) is 63.6 Å². The van der Waals surface area contributed by atoms with Gasteiger partial charge in [0.15, 0.2) is 0 Å². The summed E-state index contributed by atoms with van der Waals surface area (Å²) in [5.41, 5.74) is -0.0731. The van der Waals surface area contributed by atoms with Crippen molar-refractivity contribution in [3.05, 3.63) is 12.2 Å². The number of carboxylic acid groups (broad SMARTS) is 1. The lowest BCUT2D eigenvalue weighted by atomic mass is 9.99. The summed E-state index contributed by atoms with van der Waals surface area (Å²) in [5, 5.41) is 8.28. The predicted octanol–water partition coefficient (Wildman–Crippen LogP) is 1.61. The van der Waals surface area contributed by atoms with E-state index < -0.39 is 11.9 Å². The molecule has 80 valence electrons. The Morgan fingerprint density at radius 1 is 1.36 bits per heavy atom. The van der Waals surface area contributed by atoms with Crippen molar-refractivity contribution in [1.29, 1.82) is 0 Å². The van der Waals surface area contributed by atoms with Crippen molar-refractivity contribution in [1.82, 2.24) is 0 Å². The number of esters is 1. The van der Waals surface area contributed by atoms with Gasteiger partial charge < -0.3 is 9.84 Å². The summed E-state index contributed by atoms with van der Waals surface area (Å²) in [7, 11) is 0. The van der Waals surface area contributed by atoms with Gasteiger partial charge in [0.1, 0.15) is 0 Å². The molecule has 0 aromatic rings. The van der Waals surface area contributed by atoms with Gasteiger partial charge in [0.05, 0.1) is 13.0 Å². The third-order valence-corrected chi connectivity index (χ3v) is 1.19. The van der Waals surface area contributed by atoms with Crippen LogP contribution >= 0.6 is 0 Å². The standard InChI is InChI=1S/C10H16O4/c1-10(2,3)7-14-9(13)6-4-5-8(11)12/h4,6H,5,7H2,1-3H3,(H,11,12)/b6-4+. The van der Waals surface area contributed by atoms with Crippen molar-refractivity contribution in [3.8, 4) is 0 Å². The number of carbonyl (C=O) groups excluding carboxylic acids is 1. The van der Waals surface area contributed by atoms with Crippen LogP contribution in [-0.2, 0) is 14.3 Å². The van der Waals surface area contributed by atoms with E-state index in [2.05, 4.69) is 0 Å². The normalized spacial score (nSPS) is 11.6. The molecule has 0 aliphatic heterocycles. The Labute approximate surface area is 83.6 Å². The van der Waals surface area contributed by atoms with Crippen LogP contribution in [0.3, 0.4) is 0 Å². The van der Waals surface area contributed by atoms with E-state index >= 15 is 0 Å². The largest absolute Gasteiger partial charge is 0.481 e. The maximum Gasteiger partial charge on any atom is 0.330 e. The van der Waals surface area contributed by atoms with Crippen LogP contribution in [0.25, 0.3) is 0 Å². The molecule has 0 aliphatic carbocycles. The summed E-state index contributed by atoms with van der Waals surface area (Å²) in [6, 6.07) is 0. The molecule has 1 N–H and O–H groups in total. The van der Waals surface area contributed by atoms with Gasteiger partial charge in [-0.3, -0.25) is 4.79 Å². The summed E-state index contributed by atoms with van der Waals surface area (Å²) < 4.78 is 4.87. The first-order valence-corrected chi connectivity index (χ1v) is 4.36. The van der Waals surface area contributed by atoms with E-state index in [1.165, 1.54) is 6.08 Å². The second kappa shape index (κ2) is 5.42. The molecule has 0 aromatic heterocycles. The molecule has 4 heteroatoms. The fourth-order valence-electron chi connectivity index (χ4n) is 0.592. The fourth-order valence-corrected chi connectivity index (χ4v) is 0.592. The van der Waals surface area contributed by atoms with Crippen LogP contribution in [0.2, 0.25) is 0 Å². The molecule has 0 saturated carbocycles. The number of hydrogen-bond donors (Lipinski definition) is 1. The van der Waals surface area contributed by atoms with Crippen LogP contribution in [-0.4, -0.2) is 23.7 Å². The molecule has 0 heterocycles. The number of hydrogen-bond acceptors (Lipinski definition) is 3. The fraction of sp³-hybridized carbons (Fsp3) is 0.600. The lowest BCUT2D eigenvalue weighted by molar-refractivity contribution is -0.140. The molecule has 0 aliphatic rings. The molecular formula is C10H16O4. The van der Waals surface area contributed by atoms with Crippen molar-refractivity contribution in [3.63, 3.8) is 0 Å². The van der Waals surface area contributed by atoms with Gasteiger partial charge in [-0.05, 0) is 5.41 Å². The van der Waals surface area contributed by atoms with Gasteiger partial charge in [0.2, 0.25) is 0 Å². The van der Waals surface area contributed by atoms with E-state index in [1.54, 1.807) is 0 Å². The van der Waals surface area contributed by atoms with E-state index in [1.807, 2.05) is 20.8 Å². The van der Waals surface area contributed by atoms with Crippen molar-refractivity contribution in [2.45, 2.75) is 27.2 Å². The van der Waals surface area contributed by atoms with Crippen LogP contribution in [0.5, 0.6) is 0 Å². The summed E-state index contributed by atoms with van der Waals surface area (Å²) in [5.74, 6) is -1.47.